The smallest absolute Gasteiger partial charge is 0.262 e. The van der Waals surface area contributed by atoms with Crippen molar-refractivity contribution in [2.24, 2.45) is 5.73 Å². The molecule has 170 valence electrons. The molecule has 0 aliphatic carbocycles. The van der Waals surface area contributed by atoms with E-state index in [1.807, 2.05) is 41.8 Å². The molecule has 2 aromatic heterocycles. The van der Waals surface area contributed by atoms with Crippen molar-refractivity contribution in [1.82, 2.24) is 14.9 Å². The molecule has 1 amide bonds. The first-order valence-corrected chi connectivity index (χ1v) is 12.2. The Morgan fingerprint density at radius 3 is 2.79 bits per heavy atom. The van der Waals surface area contributed by atoms with E-state index in [2.05, 4.69) is 28.5 Å². The van der Waals surface area contributed by atoms with Gasteiger partial charge in [0.1, 0.15) is 28.1 Å². The number of fused-ring (bicyclic) bond motifs is 1. The van der Waals surface area contributed by atoms with Gasteiger partial charge in [-0.3, -0.25) is 9.36 Å². The molecule has 3 N–H and O–H groups in total. The molecule has 1 aliphatic heterocycles. The summed E-state index contributed by atoms with van der Waals surface area (Å²) >= 11 is 7.64. The Bertz CT molecular complexity index is 1310. The maximum absolute atomic E-state index is 12.2. The molecule has 0 spiro atoms. The minimum absolute atomic E-state index is 0.342. The van der Waals surface area contributed by atoms with Crippen molar-refractivity contribution in [2.45, 2.75) is 31.8 Å². The number of hydrogen-bond acceptors (Lipinski definition) is 5. The number of rotatable bonds is 6. The van der Waals surface area contributed by atoms with Crippen molar-refractivity contribution in [3.8, 4) is 10.8 Å². The number of thiophene rings is 1. The van der Waals surface area contributed by atoms with Gasteiger partial charge >= 0.3 is 0 Å². The molecule has 0 saturated carbocycles. The van der Waals surface area contributed by atoms with Crippen molar-refractivity contribution >= 4 is 39.9 Å². The second-order valence-electron chi connectivity index (χ2n) is 8.31. The van der Waals surface area contributed by atoms with Gasteiger partial charge in [0.25, 0.3) is 5.91 Å². The Hall–Kier alpha value is -2.87. The summed E-state index contributed by atoms with van der Waals surface area (Å²) in [6, 6.07) is 15.8. The predicted octanol–water partition coefficient (Wildman–Crippen LogP) is 5.45. The van der Waals surface area contributed by atoms with Crippen LogP contribution in [0, 0.1) is 0 Å². The van der Waals surface area contributed by atoms with Gasteiger partial charge in [0.2, 0.25) is 0 Å². The highest BCUT2D eigenvalue weighted by molar-refractivity contribution is 7.16. The first-order valence-electron chi connectivity index (χ1n) is 11.0. The Labute approximate surface area is 201 Å². The Morgan fingerprint density at radius 1 is 1.24 bits per heavy atom. The highest BCUT2D eigenvalue weighted by Gasteiger charge is 2.22. The molecule has 33 heavy (non-hydrogen) atoms. The maximum atomic E-state index is 12.2. The largest absolute Gasteiger partial charge is 0.484 e. The number of hydrogen-bond donors (Lipinski definition) is 2. The number of amides is 1. The molecule has 0 bridgehead atoms. The van der Waals surface area contributed by atoms with Crippen LogP contribution in [0.25, 0.3) is 16.0 Å². The summed E-state index contributed by atoms with van der Waals surface area (Å²) in [5, 5.41) is 4.87. The summed E-state index contributed by atoms with van der Waals surface area (Å²) in [5.41, 5.74) is 9.78. The van der Waals surface area contributed by atoms with E-state index in [-0.39, 0.29) is 6.10 Å². The molecule has 2 aromatic carbocycles. The average molecular weight is 481 g/mol. The predicted molar refractivity (Wildman–Crippen MR) is 133 cm³/mol. The molecule has 5 rings (SSSR count). The summed E-state index contributed by atoms with van der Waals surface area (Å²) in [6.45, 7) is 3.99. The third-order valence-electron chi connectivity index (χ3n) is 6.18. The highest BCUT2D eigenvalue weighted by atomic mass is 35.5. The second-order valence-corrected chi connectivity index (χ2v) is 9.75. The maximum Gasteiger partial charge on any atom is 0.262 e. The van der Waals surface area contributed by atoms with Crippen molar-refractivity contribution < 1.29 is 9.53 Å². The zero-order valence-corrected chi connectivity index (χ0v) is 19.8. The van der Waals surface area contributed by atoms with Crippen molar-refractivity contribution in [2.75, 3.05) is 13.1 Å². The summed E-state index contributed by atoms with van der Waals surface area (Å²) in [6.07, 6.45) is 3.70. The minimum Gasteiger partial charge on any atom is -0.484 e. The van der Waals surface area contributed by atoms with Crippen LogP contribution >= 0.6 is 22.9 Å². The SMILES string of the molecule is C[C@@H](Oc1cc(-n2cnc3ccc(C4CCNCC4)cc32)sc1C(N)=O)c1ccccc1Cl. The monoisotopic (exact) mass is 480 g/mol. The van der Waals surface area contributed by atoms with E-state index < -0.39 is 5.91 Å². The van der Waals surface area contributed by atoms with E-state index in [1.165, 1.54) is 16.9 Å². The molecule has 1 atom stereocenters. The molecular weight excluding hydrogens is 456 g/mol. The third-order valence-corrected chi connectivity index (χ3v) is 7.65. The van der Waals surface area contributed by atoms with Gasteiger partial charge in [-0.05, 0) is 62.5 Å². The minimum atomic E-state index is -0.521. The van der Waals surface area contributed by atoms with E-state index in [1.54, 1.807) is 6.33 Å². The fraction of sp³-hybridized carbons (Fsp3) is 0.280. The lowest BCUT2D eigenvalue weighted by molar-refractivity contribution is 0.0998. The van der Waals surface area contributed by atoms with Crippen molar-refractivity contribution in [3.63, 3.8) is 0 Å². The number of ether oxygens (including phenoxy) is 1. The van der Waals surface area contributed by atoms with E-state index in [0.29, 0.717) is 21.6 Å². The van der Waals surface area contributed by atoms with Crippen LogP contribution in [0.2, 0.25) is 5.02 Å². The highest BCUT2D eigenvalue weighted by Crippen LogP contribution is 2.37. The third kappa shape index (κ3) is 4.36. The number of primary amides is 1. The summed E-state index contributed by atoms with van der Waals surface area (Å²) < 4.78 is 8.17. The molecule has 0 radical (unpaired) electrons. The van der Waals surface area contributed by atoms with E-state index in [0.717, 1.165) is 47.5 Å². The Kier molecular flexibility index (Phi) is 6.10. The van der Waals surface area contributed by atoms with Gasteiger partial charge in [0, 0.05) is 16.7 Å². The fourth-order valence-electron chi connectivity index (χ4n) is 4.41. The van der Waals surface area contributed by atoms with Crippen molar-refractivity contribution in [3.05, 3.63) is 75.9 Å². The van der Waals surface area contributed by atoms with Gasteiger partial charge in [0.05, 0.1) is 11.0 Å². The lowest BCUT2D eigenvalue weighted by Gasteiger charge is -2.23. The van der Waals surface area contributed by atoms with Gasteiger partial charge in [-0.2, -0.15) is 0 Å². The topological polar surface area (TPSA) is 82.2 Å². The molecule has 3 heterocycles. The standard InChI is InChI=1S/C25H25ClN4O2S/c1-15(18-4-2-3-5-19(18)26)32-22-13-23(33-24(22)25(27)31)30-14-29-20-7-6-17(12-21(20)30)16-8-10-28-11-9-16/h2-7,12-16,28H,8-11H2,1H3,(H2,27,31)/t15-/m1/s1. The number of aromatic nitrogens is 2. The van der Waals surface area contributed by atoms with Crippen LogP contribution in [-0.4, -0.2) is 28.5 Å². The first kappa shape index (κ1) is 21.9. The number of imidazole rings is 1. The van der Waals surface area contributed by atoms with Crippen LogP contribution in [0.4, 0.5) is 0 Å². The lowest BCUT2D eigenvalue weighted by atomic mass is 9.90. The summed E-state index contributed by atoms with van der Waals surface area (Å²) in [7, 11) is 0. The van der Waals surface area contributed by atoms with E-state index in [4.69, 9.17) is 22.1 Å². The van der Waals surface area contributed by atoms with Crippen molar-refractivity contribution in [1.29, 1.82) is 0 Å². The molecular formula is C25H25ClN4O2S. The number of carbonyl (C=O) groups excluding carboxylic acids is 1. The van der Waals surface area contributed by atoms with Gasteiger partial charge < -0.3 is 15.8 Å². The zero-order chi connectivity index (χ0) is 22.9. The normalized spacial score (nSPS) is 15.6. The van der Waals surface area contributed by atoms with Crippen LogP contribution in [0.3, 0.4) is 0 Å². The number of nitrogens with zero attached hydrogens (tertiary/aromatic N) is 2. The van der Waals surface area contributed by atoms with Crippen LogP contribution in [0.1, 0.15) is 52.6 Å². The summed E-state index contributed by atoms with van der Waals surface area (Å²) in [5.74, 6) is 0.470. The second kappa shape index (κ2) is 9.17. The quantitative estimate of drug-likeness (QED) is 0.384. The van der Waals surface area contributed by atoms with Gasteiger partial charge in [0.15, 0.2) is 0 Å². The van der Waals surface area contributed by atoms with Gasteiger partial charge in [-0.15, -0.1) is 11.3 Å². The molecule has 8 heteroatoms. The van der Waals surface area contributed by atoms with Crippen LogP contribution < -0.4 is 15.8 Å². The summed E-state index contributed by atoms with van der Waals surface area (Å²) in [4.78, 5) is 17.2. The van der Waals surface area contributed by atoms with E-state index in [9.17, 15) is 4.79 Å². The van der Waals surface area contributed by atoms with Crippen LogP contribution in [0.15, 0.2) is 54.9 Å². The molecule has 1 fully saturated rings. The zero-order valence-electron chi connectivity index (χ0n) is 18.3. The number of nitrogens with one attached hydrogen (secondary N) is 1. The number of carbonyl (C=O) groups is 1. The van der Waals surface area contributed by atoms with Crippen LogP contribution in [-0.2, 0) is 0 Å². The Morgan fingerprint density at radius 2 is 2.03 bits per heavy atom. The van der Waals surface area contributed by atoms with Gasteiger partial charge in [-0.25, -0.2) is 4.98 Å². The fourth-order valence-corrected chi connectivity index (χ4v) is 5.62. The number of benzene rings is 2. The molecule has 4 aromatic rings. The molecule has 0 unspecified atom stereocenters. The number of piperidine rings is 1. The molecule has 1 aliphatic rings. The average Bonchev–Trinajstić information content (AvgIpc) is 3.43. The van der Waals surface area contributed by atoms with Crippen LogP contribution in [0.5, 0.6) is 5.75 Å². The molecule has 1 saturated heterocycles. The first-order chi connectivity index (χ1) is 16.0. The lowest BCUT2D eigenvalue weighted by Crippen LogP contribution is -2.26. The number of nitrogens with two attached hydrogens (primary N) is 1. The van der Waals surface area contributed by atoms with E-state index >= 15 is 0 Å². The Balaban J connectivity index is 1.50. The van der Waals surface area contributed by atoms with Gasteiger partial charge in [-0.1, -0.05) is 35.9 Å². The number of halogens is 1. The molecule has 6 nitrogen and oxygen atoms in total.